The Morgan fingerprint density at radius 2 is 2.06 bits per heavy atom. The molecule has 0 aromatic heterocycles. The molecule has 1 aliphatic carbocycles. The van der Waals surface area contributed by atoms with Gasteiger partial charge in [-0.3, -0.25) is 0 Å². The van der Waals surface area contributed by atoms with E-state index in [-0.39, 0.29) is 18.2 Å². The molecule has 0 aliphatic heterocycles. The first-order chi connectivity index (χ1) is 7.65. The third kappa shape index (κ3) is 3.68. The molecule has 1 N–H and O–H groups in total. The molecule has 0 atom stereocenters. The SMILES string of the molecule is CCC1(CNCc2ccc(F)c(C)c2)CC1.Cl. The van der Waals surface area contributed by atoms with E-state index < -0.39 is 0 Å². The monoisotopic (exact) mass is 257 g/mol. The molecular weight excluding hydrogens is 237 g/mol. The zero-order valence-electron chi connectivity index (χ0n) is 10.6. The fourth-order valence-corrected chi connectivity index (χ4v) is 2.12. The van der Waals surface area contributed by atoms with Crippen LogP contribution >= 0.6 is 12.4 Å². The Balaban J connectivity index is 0.00000144. The van der Waals surface area contributed by atoms with Crippen LogP contribution in [0.15, 0.2) is 18.2 Å². The van der Waals surface area contributed by atoms with Gasteiger partial charge in [0.25, 0.3) is 0 Å². The van der Waals surface area contributed by atoms with Crippen molar-refractivity contribution >= 4 is 12.4 Å². The number of halogens is 2. The first-order valence-corrected chi connectivity index (χ1v) is 6.11. The molecule has 0 heterocycles. The number of hydrogen-bond donors (Lipinski definition) is 1. The summed E-state index contributed by atoms with van der Waals surface area (Å²) in [7, 11) is 0. The standard InChI is InChI=1S/C14H20FN.ClH/c1-3-14(6-7-14)10-16-9-12-4-5-13(15)11(2)8-12;/h4-5,8,16H,3,6-7,9-10H2,1-2H3;1H. The second kappa shape index (κ2) is 5.83. The molecule has 1 aromatic carbocycles. The minimum Gasteiger partial charge on any atom is -0.312 e. The van der Waals surface area contributed by atoms with Gasteiger partial charge in [-0.2, -0.15) is 0 Å². The van der Waals surface area contributed by atoms with Gasteiger partial charge in [0.15, 0.2) is 0 Å². The van der Waals surface area contributed by atoms with E-state index in [0.717, 1.165) is 18.7 Å². The predicted octanol–water partition coefficient (Wildman–Crippen LogP) is 3.84. The van der Waals surface area contributed by atoms with Crippen molar-refractivity contribution in [3.8, 4) is 0 Å². The van der Waals surface area contributed by atoms with Crippen molar-refractivity contribution in [1.29, 1.82) is 0 Å². The molecule has 1 saturated carbocycles. The van der Waals surface area contributed by atoms with Crippen molar-refractivity contribution in [2.75, 3.05) is 6.54 Å². The van der Waals surface area contributed by atoms with Crippen LogP contribution in [-0.4, -0.2) is 6.54 Å². The van der Waals surface area contributed by atoms with Gasteiger partial charge in [-0.05, 0) is 48.8 Å². The molecule has 17 heavy (non-hydrogen) atoms. The first kappa shape index (κ1) is 14.5. The van der Waals surface area contributed by atoms with Gasteiger partial charge in [-0.1, -0.05) is 19.1 Å². The third-order valence-corrected chi connectivity index (χ3v) is 3.76. The van der Waals surface area contributed by atoms with Gasteiger partial charge in [0.1, 0.15) is 5.82 Å². The highest BCUT2D eigenvalue weighted by molar-refractivity contribution is 5.85. The van der Waals surface area contributed by atoms with E-state index in [1.165, 1.54) is 24.8 Å². The lowest BCUT2D eigenvalue weighted by Crippen LogP contribution is -2.23. The average molecular weight is 258 g/mol. The summed E-state index contributed by atoms with van der Waals surface area (Å²) in [5.41, 5.74) is 2.48. The summed E-state index contributed by atoms with van der Waals surface area (Å²) >= 11 is 0. The van der Waals surface area contributed by atoms with Gasteiger partial charge in [-0.25, -0.2) is 4.39 Å². The molecule has 0 bridgehead atoms. The molecule has 1 fully saturated rings. The van der Waals surface area contributed by atoms with E-state index >= 15 is 0 Å². The quantitative estimate of drug-likeness (QED) is 0.845. The van der Waals surface area contributed by atoms with Gasteiger partial charge < -0.3 is 5.32 Å². The van der Waals surface area contributed by atoms with E-state index in [4.69, 9.17) is 0 Å². The minimum atomic E-state index is -0.115. The summed E-state index contributed by atoms with van der Waals surface area (Å²) in [6.07, 6.45) is 3.99. The highest BCUT2D eigenvalue weighted by Crippen LogP contribution is 2.47. The van der Waals surface area contributed by atoms with E-state index in [2.05, 4.69) is 12.2 Å². The van der Waals surface area contributed by atoms with Crippen LogP contribution in [0.25, 0.3) is 0 Å². The molecule has 0 saturated heterocycles. The van der Waals surface area contributed by atoms with E-state index in [1.54, 1.807) is 6.07 Å². The van der Waals surface area contributed by atoms with Crippen LogP contribution in [0, 0.1) is 18.2 Å². The Kier molecular flexibility index (Phi) is 4.96. The molecule has 0 amide bonds. The van der Waals surface area contributed by atoms with Crippen LogP contribution in [0.2, 0.25) is 0 Å². The second-order valence-corrected chi connectivity index (χ2v) is 5.04. The van der Waals surface area contributed by atoms with Crippen LogP contribution < -0.4 is 5.32 Å². The van der Waals surface area contributed by atoms with Gasteiger partial charge in [-0.15, -0.1) is 12.4 Å². The molecule has 0 unspecified atom stereocenters. The maximum atomic E-state index is 13.1. The first-order valence-electron chi connectivity index (χ1n) is 6.11. The highest BCUT2D eigenvalue weighted by Gasteiger charge is 2.39. The summed E-state index contributed by atoms with van der Waals surface area (Å²) in [5.74, 6) is -0.115. The minimum absolute atomic E-state index is 0. The van der Waals surface area contributed by atoms with Crippen molar-refractivity contribution in [1.82, 2.24) is 5.32 Å². The van der Waals surface area contributed by atoms with Crippen molar-refractivity contribution in [3.05, 3.63) is 35.1 Å². The Bertz CT molecular complexity index is 374. The fourth-order valence-electron chi connectivity index (χ4n) is 2.12. The molecule has 0 spiro atoms. The zero-order chi connectivity index (χ0) is 11.6. The Labute approximate surface area is 109 Å². The van der Waals surface area contributed by atoms with Gasteiger partial charge in [0, 0.05) is 13.1 Å². The lowest BCUT2D eigenvalue weighted by Gasteiger charge is -2.13. The van der Waals surface area contributed by atoms with E-state index in [1.807, 2.05) is 19.1 Å². The summed E-state index contributed by atoms with van der Waals surface area (Å²) in [6.45, 7) is 6.02. The van der Waals surface area contributed by atoms with Crippen molar-refractivity contribution < 1.29 is 4.39 Å². The normalized spacial score (nSPS) is 16.4. The maximum absolute atomic E-state index is 13.1. The maximum Gasteiger partial charge on any atom is 0.126 e. The molecule has 96 valence electrons. The number of benzene rings is 1. The molecular formula is C14H21ClFN. The topological polar surface area (TPSA) is 12.0 Å². The molecule has 0 radical (unpaired) electrons. The van der Waals surface area contributed by atoms with Gasteiger partial charge in [0.2, 0.25) is 0 Å². The summed E-state index contributed by atoms with van der Waals surface area (Å²) in [4.78, 5) is 0. The van der Waals surface area contributed by atoms with E-state index in [9.17, 15) is 4.39 Å². The number of rotatable bonds is 5. The van der Waals surface area contributed by atoms with Crippen LogP contribution in [-0.2, 0) is 6.54 Å². The van der Waals surface area contributed by atoms with Crippen molar-refractivity contribution in [2.24, 2.45) is 5.41 Å². The summed E-state index contributed by atoms with van der Waals surface area (Å²) in [6, 6.07) is 5.34. The smallest absolute Gasteiger partial charge is 0.126 e. The van der Waals surface area contributed by atoms with Crippen LogP contribution in [0.5, 0.6) is 0 Å². The van der Waals surface area contributed by atoms with E-state index in [0.29, 0.717) is 5.41 Å². The largest absolute Gasteiger partial charge is 0.312 e. The Hall–Kier alpha value is -0.600. The summed E-state index contributed by atoms with van der Waals surface area (Å²) < 4.78 is 13.1. The Morgan fingerprint density at radius 1 is 1.35 bits per heavy atom. The Morgan fingerprint density at radius 3 is 2.59 bits per heavy atom. The highest BCUT2D eigenvalue weighted by atomic mass is 35.5. The van der Waals surface area contributed by atoms with Crippen molar-refractivity contribution in [2.45, 2.75) is 39.7 Å². The number of hydrogen-bond acceptors (Lipinski definition) is 1. The molecule has 1 aliphatic rings. The molecule has 1 nitrogen and oxygen atoms in total. The van der Waals surface area contributed by atoms with Crippen molar-refractivity contribution in [3.63, 3.8) is 0 Å². The van der Waals surface area contributed by atoms with Crippen LogP contribution in [0.4, 0.5) is 4.39 Å². The van der Waals surface area contributed by atoms with Gasteiger partial charge >= 0.3 is 0 Å². The van der Waals surface area contributed by atoms with Crippen LogP contribution in [0.1, 0.15) is 37.3 Å². The predicted molar refractivity (Wildman–Crippen MR) is 72.0 cm³/mol. The number of nitrogens with one attached hydrogen (secondary N) is 1. The van der Waals surface area contributed by atoms with Gasteiger partial charge in [0.05, 0.1) is 0 Å². The van der Waals surface area contributed by atoms with Crippen LogP contribution in [0.3, 0.4) is 0 Å². The zero-order valence-corrected chi connectivity index (χ0v) is 11.4. The second-order valence-electron chi connectivity index (χ2n) is 5.04. The molecule has 1 aromatic rings. The third-order valence-electron chi connectivity index (χ3n) is 3.76. The molecule has 2 rings (SSSR count). The fraction of sp³-hybridized carbons (Fsp3) is 0.571. The summed E-state index contributed by atoms with van der Waals surface area (Å²) in [5, 5.41) is 3.48. The average Bonchev–Trinajstić information content (AvgIpc) is 3.04. The lowest BCUT2D eigenvalue weighted by atomic mass is 10.0. The molecule has 3 heteroatoms. The number of aryl methyl sites for hydroxylation is 1. The lowest BCUT2D eigenvalue weighted by molar-refractivity contribution is 0.443.